The Labute approximate surface area is 174 Å². The zero-order valence-electron chi connectivity index (χ0n) is 16.7. The van der Waals surface area contributed by atoms with Crippen molar-refractivity contribution in [2.24, 2.45) is 0 Å². The average Bonchev–Trinajstić information content (AvgIpc) is 3.14. The summed E-state index contributed by atoms with van der Waals surface area (Å²) in [5, 5.41) is 12.0. The highest BCUT2D eigenvalue weighted by Crippen LogP contribution is 2.21. The summed E-state index contributed by atoms with van der Waals surface area (Å²) in [6.45, 7) is 5.04. The van der Waals surface area contributed by atoms with Crippen LogP contribution in [0.4, 0.5) is 5.69 Å². The molecule has 1 heterocycles. The Morgan fingerprint density at radius 3 is 2.59 bits per heavy atom. The molecule has 0 atom stereocenters. The maximum atomic E-state index is 12.2. The molecule has 0 saturated carbocycles. The van der Waals surface area contributed by atoms with Crippen molar-refractivity contribution in [3.63, 3.8) is 0 Å². The van der Waals surface area contributed by atoms with E-state index in [2.05, 4.69) is 15.5 Å². The number of carbonyl (C=O) groups is 1. The van der Waals surface area contributed by atoms with Gasteiger partial charge in [-0.3, -0.25) is 4.79 Å². The molecule has 7 nitrogen and oxygen atoms in total. The second-order valence-corrected chi connectivity index (χ2v) is 7.21. The molecule has 0 aliphatic heterocycles. The average molecular weight is 413 g/mol. The lowest BCUT2D eigenvalue weighted by molar-refractivity contribution is -0.113. The number of carbonyl (C=O) groups excluding carboxylic acids is 1. The van der Waals surface area contributed by atoms with Crippen LogP contribution in [0.5, 0.6) is 11.5 Å². The highest BCUT2D eigenvalue weighted by molar-refractivity contribution is 7.99. The summed E-state index contributed by atoms with van der Waals surface area (Å²) in [4.78, 5) is 12.2. The maximum absolute atomic E-state index is 12.2. The number of para-hydroxylation sites is 1. The minimum Gasteiger partial charge on any atom is -0.497 e. The van der Waals surface area contributed by atoms with Crippen LogP contribution >= 0.6 is 11.8 Å². The Kier molecular flexibility index (Phi) is 7.13. The summed E-state index contributed by atoms with van der Waals surface area (Å²) in [5.41, 5.74) is 1.79. The summed E-state index contributed by atoms with van der Waals surface area (Å²) in [6.07, 6.45) is 0. The molecule has 0 saturated heterocycles. The number of amides is 1. The lowest BCUT2D eigenvalue weighted by Gasteiger charge is -2.10. The molecule has 3 rings (SSSR count). The number of aromatic nitrogens is 3. The van der Waals surface area contributed by atoms with Gasteiger partial charge in [0.1, 0.15) is 18.1 Å². The molecule has 0 radical (unpaired) electrons. The van der Waals surface area contributed by atoms with Crippen LogP contribution in [-0.4, -0.2) is 33.5 Å². The molecule has 0 aliphatic rings. The molecule has 152 valence electrons. The number of thioether (sulfide) groups is 1. The fourth-order valence-electron chi connectivity index (χ4n) is 2.71. The number of hydrogen-bond acceptors (Lipinski definition) is 6. The fourth-order valence-corrected chi connectivity index (χ4v) is 3.53. The molecule has 3 aromatic rings. The molecule has 0 aliphatic carbocycles. The Hall–Kier alpha value is -3.00. The molecule has 8 heteroatoms. The molecule has 0 fully saturated rings. The van der Waals surface area contributed by atoms with E-state index in [4.69, 9.17) is 9.47 Å². The molecule has 0 unspecified atom stereocenters. The molecule has 29 heavy (non-hydrogen) atoms. The van der Waals surface area contributed by atoms with E-state index in [-0.39, 0.29) is 11.7 Å². The zero-order chi connectivity index (χ0) is 20.6. The van der Waals surface area contributed by atoms with E-state index in [1.165, 1.54) is 11.8 Å². The Balaban J connectivity index is 1.56. The van der Waals surface area contributed by atoms with Crippen molar-refractivity contribution in [2.45, 2.75) is 32.2 Å². The van der Waals surface area contributed by atoms with E-state index in [0.717, 1.165) is 28.6 Å². The quantitative estimate of drug-likeness (QED) is 0.537. The monoisotopic (exact) mass is 412 g/mol. The number of methoxy groups -OCH3 is 1. The molecule has 0 bridgehead atoms. The Morgan fingerprint density at radius 2 is 1.90 bits per heavy atom. The van der Waals surface area contributed by atoms with E-state index < -0.39 is 0 Å². The minimum atomic E-state index is -0.108. The van der Waals surface area contributed by atoms with Crippen molar-refractivity contribution < 1.29 is 14.3 Å². The Bertz CT molecular complexity index is 957. The van der Waals surface area contributed by atoms with Crippen LogP contribution in [0.3, 0.4) is 0 Å². The predicted molar refractivity (Wildman–Crippen MR) is 114 cm³/mol. The third-order valence-electron chi connectivity index (χ3n) is 4.27. The third-order valence-corrected chi connectivity index (χ3v) is 5.23. The second-order valence-electron chi connectivity index (χ2n) is 6.26. The molecule has 2 aromatic carbocycles. The summed E-state index contributed by atoms with van der Waals surface area (Å²) in [5.74, 6) is 2.43. The number of nitrogens with one attached hydrogen (secondary N) is 1. The van der Waals surface area contributed by atoms with Gasteiger partial charge in [0.05, 0.1) is 12.9 Å². The van der Waals surface area contributed by atoms with Gasteiger partial charge < -0.3 is 19.4 Å². The first-order valence-electron chi connectivity index (χ1n) is 9.28. The van der Waals surface area contributed by atoms with Crippen molar-refractivity contribution in [3.05, 3.63) is 59.9 Å². The second kappa shape index (κ2) is 9.97. The van der Waals surface area contributed by atoms with Crippen LogP contribution in [0.15, 0.2) is 53.7 Å². The number of aryl methyl sites for hydroxylation is 1. The molecular weight excluding hydrogens is 388 g/mol. The SMILES string of the molecule is CCn1c(COc2ccccc2C)nnc1SCC(=O)Nc1ccc(OC)cc1. The van der Waals surface area contributed by atoms with Gasteiger partial charge in [-0.25, -0.2) is 0 Å². The van der Waals surface area contributed by atoms with E-state index in [9.17, 15) is 4.79 Å². The first-order chi connectivity index (χ1) is 14.1. The summed E-state index contributed by atoms with van der Waals surface area (Å²) >= 11 is 1.35. The van der Waals surface area contributed by atoms with Crippen molar-refractivity contribution in [2.75, 3.05) is 18.2 Å². The van der Waals surface area contributed by atoms with Crippen LogP contribution in [-0.2, 0) is 17.9 Å². The van der Waals surface area contributed by atoms with Gasteiger partial charge in [0.25, 0.3) is 0 Å². The smallest absolute Gasteiger partial charge is 0.234 e. The first kappa shape index (κ1) is 20.7. The van der Waals surface area contributed by atoms with Gasteiger partial charge >= 0.3 is 0 Å². The van der Waals surface area contributed by atoms with Gasteiger partial charge in [-0.2, -0.15) is 0 Å². The molecule has 1 N–H and O–H groups in total. The standard InChI is InChI=1S/C21H24N4O3S/c1-4-25-19(13-28-18-8-6-5-7-15(18)2)23-24-21(25)29-14-20(26)22-16-9-11-17(27-3)12-10-16/h5-12H,4,13-14H2,1-3H3,(H,22,26). The predicted octanol–water partition coefficient (Wildman–Crippen LogP) is 3.92. The van der Waals surface area contributed by atoms with Gasteiger partial charge in [-0.15, -0.1) is 10.2 Å². The van der Waals surface area contributed by atoms with Crippen LogP contribution in [0.2, 0.25) is 0 Å². The van der Waals surface area contributed by atoms with Gasteiger partial charge in [-0.05, 0) is 49.7 Å². The molecule has 1 aromatic heterocycles. The van der Waals surface area contributed by atoms with Gasteiger partial charge in [-0.1, -0.05) is 30.0 Å². The van der Waals surface area contributed by atoms with Gasteiger partial charge in [0.2, 0.25) is 5.91 Å². The number of ether oxygens (including phenoxy) is 2. The lowest BCUT2D eigenvalue weighted by Crippen LogP contribution is -2.15. The zero-order valence-corrected chi connectivity index (χ0v) is 17.5. The van der Waals surface area contributed by atoms with Crippen molar-refractivity contribution in [3.8, 4) is 11.5 Å². The molecular formula is C21H24N4O3S. The number of nitrogens with zero attached hydrogens (tertiary/aromatic N) is 3. The molecule has 1 amide bonds. The number of hydrogen-bond donors (Lipinski definition) is 1. The van der Waals surface area contributed by atoms with Crippen LogP contribution in [0.25, 0.3) is 0 Å². The Morgan fingerprint density at radius 1 is 1.14 bits per heavy atom. The van der Waals surface area contributed by atoms with E-state index in [0.29, 0.717) is 18.3 Å². The van der Waals surface area contributed by atoms with Crippen molar-refractivity contribution in [1.82, 2.24) is 14.8 Å². The van der Waals surface area contributed by atoms with Crippen LogP contribution < -0.4 is 14.8 Å². The van der Waals surface area contributed by atoms with Crippen molar-refractivity contribution in [1.29, 1.82) is 0 Å². The fraction of sp³-hybridized carbons (Fsp3) is 0.286. The lowest BCUT2D eigenvalue weighted by atomic mass is 10.2. The maximum Gasteiger partial charge on any atom is 0.234 e. The number of benzene rings is 2. The first-order valence-corrected chi connectivity index (χ1v) is 10.3. The van der Waals surface area contributed by atoms with Gasteiger partial charge in [0.15, 0.2) is 11.0 Å². The molecule has 0 spiro atoms. The van der Waals surface area contributed by atoms with Crippen LogP contribution in [0, 0.1) is 6.92 Å². The largest absolute Gasteiger partial charge is 0.497 e. The van der Waals surface area contributed by atoms with E-state index >= 15 is 0 Å². The highest BCUT2D eigenvalue weighted by Gasteiger charge is 2.14. The minimum absolute atomic E-state index is 0.108. The summed E-state index contributed by atoms with van der Waals surface area (Å²) in [7, 11) is 1.61. The normalized spacial score (nSPS) is 10.6. The topological polar surface area (TPSA) is 78.3 Å². The van der Waals surface area contributed by atoms with Gasteiger partial charge in [0, 0.05) is 12.2 Å². The highest BCUT2D eigenvalue weighted by atomic mass is 32.2. The number of anilines is 1. The summed E-state index contributed by atoms with van der Waals surface area (Å²) < 4.78 is 13.0. The number of rotatable bonds is 9. The van der Waals surface area contributed by atoms with E-state index in [1.807, 2.05) is 42.7 Å². The van der Waals surface area contributed by atoms with Crippen molar-refractivity contribution >= 4 is 23.4 Å². The summed E-state index contributed by atoms with van der Waals surface area (Å²) in [6, 6.07) is 15.1. The van der Waals surface area contributed by atoms with E-state index in [1.54, 1.807) is 31.4 Å². The van der Waals surface area contributed by atoms with Crippen LogP contribution in [0.1, 0.15) is 18.3 Å². The third kappa shape index (κ3) is 5.51.